The van der Waals surface area contributed by atoms with E-state index in [0.717, 1.165) is 0 Å². The number of nitro groups is 1. The highest BCUT2D eigenvalue weighted by atomic mass is 16.6. The Kier molecular flexibility index (Phi) is 6.42. The Bertz CT molecular complexity index is 829. The summed E-state index contributed by atoms with van der Waals surface area (Å²) >= 11 is 0. The number of non-ortho nitro benzene ring substituents is 1. The number of fused-ring (bicyclic) bond motifs is 1. The van der Waals surface area contributed by atoms with Gasteiger partial charge in [0, 0.05) is 31.4 Å². The highest BCUT2D eigenvalue weighted by molar-refractivity contribution is 5.78. The first kappa shape index (κ1) is 19.1. The van der Waals surface area contributed by atoms with E-state index in [2.05, 4.69) is 16.5 Å². The molecule has 1 aromatic heterocycles. The molecule has 0 radical (unpaired) electrons. The molecule has 1 unspecified atom stereocenters. The zero-order valence-corrected chi connectivity index (χ0v) is 14.0. The molecule has 2 rings (SSSR count). The second-order valence-corrected chi connectivity index (χ2v) is 5.68. The number of hydrogen-bond donors (Lipinski definition) is 2. The first-order chi connectivity index (χ1) is 12.4. The van der Waals surface area contributed by atoms with Crippen molar-refractivity contribution in [1.29, 1.82) is 0 Å². The molecule has 26 heavy (non-hydrogen) atoms. The SMILES string of the molecule is C=CCC(OC(=O)CCCCC(=O)O)c1nc2ccc([N+](=O)[O-])cc2[nH]1. The summed E-state index contributed by atoms with van der Waals surface area (Å²) in [7, 11) is 0. The fourth-order valence-corrected chi connectivity index (χ4v) is 2.41. The van der Waals surface area contributed by atoms with Gasteiger partial charge in [-0.2, -0.15) is 0 Å². The largest absolute Gasteiger partial charge is 0.481 e. The molecular formula is C17H19N3O6. The maximum atomic E-state index is 12.0. The number of aromatic amines is 1. The Balaban J connectivity index is 2.07. The van der Waals surface area contributed by atoms with E-state index >= 15 is 0 Å². The highest BCUT2D eigenvalue weighted by Crippen LogP contribution is 2.25. The van der Waals surface area contributed by atoms with Crippen LogP contribution < -0.4 is 0 Å². The summed E-state index contributed by atoms with van der Waals surface area (Å²) in [5.41, 5.74) is 0.932. The van der Waals surface area contributed by atoms with Crippen LogP contribution in [0, 0.1) is 10.1 Å². The Hall–Kier alpha value is -3.23. The molecule has 0 fully saturated rings. The van der Waals surface area contributed by atoms with Crippen LogP contribution >= 0.6 is 0 Å². The van der Waals surface area contributed by atoms with Crippen molar-refractivity contribution in [3.8, 4) is 0 Å². The maximum Gasteiger partial charge on any atom is 0.306 e. The lowest BCUT2D eigenvalue weighted by molar-refractivity contribution is -0.384. The van der Waals surface area contributed by atoms with Gasteiger partial charge in [-0.3, -0.25) is 19.7 Å². The van der Waals surface area contributed by atoms with Crippen LogP contribution in [0.1, 0.15) is 44.0 Å². The van der Waals surface area contributed by atoms with E-state index in [9.17, 15) is 19.7 Å². The Morgan fingerprint density at radius 3 is 2.77 bits per heavy atom. The van der Waals surface area contributed by atoms with Crippen molar-refractivity contribution < 1.29 is 24.4 Å². The number of carbonyl (C=O) groups is 2. The van der Waals surface area contributed by atoms with E-state index in [1.807, 2.05) is 0 Å². The van der Waals surface area contributed by atoms with E-state index in [4.69, 9.17) is 9.84 Å². The van der Waals surface area contributed by atoms with Crippen LogP contribution in [0.4, 0.5) is 5.69 Å². The van der Waals surface area contributed by atoms with Gasteiger partial charge in [0.05, 0.1) is 16.0 Å². The van der Waals surface area contributed by atoms with Crippen LogP contribution in [-0.4, -0.2) is 31.9 Å². The van der Waals surface area contributed by atoms with Crippen molar-refractivity contribution in [2.45, 2.75) is 38.2 Å². The van der Waals surface area contributed by atoms with Gasteiger partial charge in [-0.1, -0.05) is 6.08 Å². The van der Waals surface area contributed by atoms with Gasteiger partial charge in [0.1, 0.15) is 5.82 Å². The lowest BCUT2D eigenvalue weighted by Gasteiger charge is -2.14. The molecule has 9 nitrogen and oxygen atoms in total. The van der Waals surface area contributed by atoms with Crippen molar-refractivity contribution >= 4 is 28.7 Å². The monoisotopic (exact) mass is 361 g/mol. The van der Waals surface area contributed by atoms with E-state index in [-0.39, 0.29) is 18.5 Å². The summed E-state index contributed by atoms with van der Waals surface area (Å²) in [6, 6.07) is 4.24. The first-order valence-electron chi connectivity index (χ1n) is 8.07. The molecule has 1 atom stereocenters. The van der Waals surface area contributed by atoms with Gasteiger partial charge in [-0.15, -0.1) is 6.58 Å². The van der Waals surface area contributed by atoms with Crippen LogP contribution in [0.25, 0.3) is 11.0 Å². The fourth-order valence-electron chi connectivity index (χ4n) is 2.41. The molecule has 0 bridgehead atoms. The molecule has 2 aromatic rings. The number of ether oxygens (including phenoxy) is 1. The summed E-state index contributed by atoms with van der Waals surface area (Å²) < 4.78 is 5.41. The molecule has 1 heterocycles. The smallest absolute Gasteiger partial charge is 0.306 e. The van der Waals surface area contributed by atoms with E-state index in [1.54, 1.807) is 6.08 Å². The molecule has 1 aromatic carbocycles. The van der Waals surface area contributed by atoms with Gasteiger partial charge in [-0.05, 0) is 18.9 Å². The number of carboxylic acid groups (broad SMARTS) is 1. The number of esters is 1. The van der Waals surface area contributed by atoms with Gasteiger partial charge in [-0.25, -0.2) is 4.98 Å². The molecular weight excluding hydrogens is 342 g/mol. The van der Waals surface area contributed by atoms with Crippen molar-refractivity contribution in [2.75, 3.05) is 0 Å². The average molecular weight is 361 g/mol. The molecule has 0 amide bonds. The van der Waals surface area contributed by atoms with E-state index in [1.165, 1.54) is 18.2 Å². The van der Waals surface area contributed by atoms with Gasteiger partial charge < -0.3 is 14.8 Å². The number of hydrogen-bond acceptors (Lipinski definition) is 6. The zero-order chi connectivity index (χ0) is 19.1. The Morgan fingerprint density at radius 2 is 2.12 bits per heavy atom. The molecule has 0 aliphatic carbocycles. The first-order valence-corrected chi connectivity index (χ1v) is 8.07. The lowest BCUT2D eigenvalue weighted by Crippen LogP contribution is -2.12. The van der Waals surface area contributed by atoms with Crippen LogP contribution in [0.3, 0.4) is 0 Å². The summed E-state index contributed by atoms with van der Waals surface area (Å²) in [6.07, 6.45) is 2.13. The molecule has 9 heteroatoms. The number of nitrogens with one attached hydrogen (secondary N) is 1. The Labute approximate surface area is 148 Å². The van der Waals surface area contributed by atoms with E-state index < -0.39 is 23.0 Å². The number of aromatic nitrogens is 2. The topological polar surface area (TPSA) is 135 Å². The molecule has 0 saturated carbocycles. The second-order valence-electron chi connectivity index (χ2n) is 5.68. The number of rotatable bonds is 10. The van der Waals surface area contributed by atoms with Crippen LogP contribution in [0.2, 0.25) is 0 Å². The van der Waals surface area contributed by atoms with E-state index in [0.29, 0.717) is 36.1 Å². The third kappa shape index (κ3) is 5.13. The number of unbranched alkanes of at least 4 members (excludes halogenated alkanes) is 1. The molecule has 0 saturated heterocycles. The number of carbonyl (C=O) groups excluding carboxylic acids is 1. The summed E-state index contributed by atoms with van der Waals surface area (Å²) in [5.74, 6) is -0.993. The highest BCUT2D eigenvalue weighted by Gasteiger charge is 2.20. The summed E-state index contributed by atoms with van der Waals surface area (Å²) in [4.78, 5) is 40.1. The van der Waals surface area contributed by atoms with Crippen molar-refractivity contribution in [3.05, 3.63) is 46.8 Å². The number of benzene rings is 1. The number of carboxylic acids is 1. The minimum absolute atomic E-state index is 0.00567. The van der Waals surface area contributed by atoms with Gasteiger partial charge in [0.2, 0.25) is 0 Å². The summed E-state index contributed by atoms with van der Waals surface area (Å²) in [6.45, 7) is 3.63. The van der Waals surface area contributed by atoms with Gasteiger partial charge in [0.15, 0.2) is 6.10 Å². The van der Waals surface area contributed by atoms with Gasteiger partial charge in [0.25, 0.3) is 5.69 Å². The number of imidazole rings is 1. The maximum absolute atomic E-state index is 12.0. The van der Waals surface area contributed by atoms with Crippen molar-refractivity contribution in [3.63, 3.8) is 0 Å². The standard InChI is InChI=1S/C17H19N3O6/c1-2-5-14(26-16(23)7-4-3-6-15(21)22)17-18-12-9-8-11(20(24)25)10-13(12)19-17/h2,8-10,14H,1,3-7H2,(H,18,19)(H,21,22). The van der Waals surface area contributed by atoms with Crippen LogP contribution in [0.5, 0.6) is 0 Å². The minimum Gasteiger partial charge on any atom is -0.481 e. The lowest BCUT2D eigenvalue weighted by atomic mass is 10.2. The molecule has 0 aliphatic rings. The number of H-pyrrole nitrogens is 1. The normalized spacial score (nSPS) is 11.8. The molecule has 0 spiro atoms. The quantitative estimate of drug-likeness (QED) is 0.218. The van der Waals surface area contributed by atoms with Crippen LogP contribution in [0.15, 0.2) is 30.9 Å². The fraction of sp³-hybridized carbons (Fsp3) is 0.353. The third-order valence-electron chi connectivity index (χ3n) is 3.68. The number of aliphatic carboxylic acids is 1. The predicted octanol–water partition coefficient (Wildman–Crippen LogP) is 3.28. The number of nitrogens with zero attached hydrogens (tertiary/aromatic N) is 2. The number of nitro benzene ring substituents is 1. The third-order valence-corrected chi connectivity index (χ3v) is 3.68. The van der Waals surface area contributed by atoms with Crippen molar-refractivity contribution in [2.24, 2.45) is 0 Å². The Morgan fingerprint density at radius 1 is 1.38 bits per heavy atom. The minimum atomic E-state index is -0.903. The zero-order valence-electron chi connectivity index (χ0n) is 14.0. The summed E-state index contributed by atoms with van der Waals surface area (Å²) in [5, 5.41) is 19.4. The molecule has 2 N–H and O–H groups in total. The van der Waals surface area contributed by atoms with Crippen molar-refractivity contribution in [1.82, 2.24) is 9.97 Å². The molecule has 138 valence electrons. The van der Waals surface area contributed by atoms with Crippen LogP contribution in [-0.2, 0) is 14.3 Å². The molecule has 0 aliphatic heterocycles. The average Bonchev–Trinajstić information content (AvgIpc) is 3.01. The van der Waals surface area contributed by atoms with Gasteiger partial charge >= 0.3 is 11.9 Å². The second kappa shape index (κ2) is 8.75. The predicted molar refractivity (Wildman–Crippen MR) is 92.5 cm³/mol.